The Labute approximate surface area is 104 Å². The highest BCUT2D eigenvalue weighted by Gasteiger charge is 2.15. The van der Waals surface area contributed by atoms with Crippen LogP contribution in [0.4, 0.5) is 23.4 Å². The summed E-state index contributed by atoms with van der Waals surface area (Å²) in [6.45, 7) is 0. The van der Waals surface area contributed by atoms with E-state index in [9.17, 15) is 17.6 Å². The summed E-state index contributed by atoms with van der Waals surface area (Å²) < 4.78 is 57.2. The molecule has 0 fully saturated rings. The number of ether oxygens (including phenoxy) is 1. The van der Waals surface area contributed by atoms with Crippen LogP contribution in [0.3, 0.4) is 0 Å². The van der Waals surface area contributed by atoms with Gasteiger partial charge in [0.1, 0.15) is 5.82 Å². The van der Waals surface area contributed by atoms with Gasteiger partial charge in [-0.2, -0.15) is 4.98 Å². The zero-order chi connectivity index (χ0) is 14.0. The maximum absolute atomic E-state index is 13.4. The van der Waals surface area contributed by atoms with Crippen molar-refractivity contribution in [3.05, 3.63) is 47.5 Å². The molecule has 0 atom stereocenters. The zero-order valence-electron chi connectivity index (χ0n) is 9.25. The quantitative estimate of drug-likeness (QED) is 0.513. The molecule has 0 aliphatic carbocycles. The molecule has 1 aromatic carbocycles. The number of rotatable bonds is 3. The first-order valence-corrected chi connectivity index (χ1v) is 4.97. The molecule has 0 radical (unpaired) electrons. The lowest BCUT2D eigenvalue weighted by Crippen LogP contribution is -2.11. The van der Waals surface area contributed by atoms with Crippen molar-refractivity contribution in [1.29, 1.82) is 0 Å². The predicted molar refractivity (Wildman–Crippen MR) is 58.4 cm³/mol. The molecule has 2 rings (SSSR count). The van der Waals surface area contributed by atoms with Crippen LogP contribution in [-0.4, -0.2) is 4.98 Å². The molecule has 0 saturated heterocycles. The molecule has 4 nitrogen and oxygen atoms in total. The number of nitrogens with two attached hydrogens (primary N) is 1. The van der Waals surface area contributed by atoms with E-state index in [2.05, 4.69) is 4.98 Å². The standard InChI is InChI=1S/C11H7F4N3O/c12-5-1-2-9(6(13)3-5)19-11-8(15)4-7(14)10(17-11)18-16/h1-4H,16H2,(H,17,18). The molecular formula is C11H7F4N3O. The van der Waals surface area contributed by atoms with E-state index >= 15 is 0 Å². The summed E-state index contributed by atoms with van der Waals surface area (Å²) in [5.74, 6) is -0.719. The minimum absolute atomic E-state index is 0.456. The number of anilines is 1. The second-order valence-corrected chi connectivity index (χ2v) is 3.43. The summed E-state index contributed by atoms with van der Waals surface area (Å²) >= 11 is 0. The fourth-order valence-corrected chi connectivity index (χ4v) is 1.28. The molecule has 100 valence electrons. The van der Waals surface area contributed by atoms with E-state index in [1.165, 1.54) is 0 Å². The summed E-state index contributed by atoms with van der Waals surface area (Å²) in [5.41, 5.74) is 1.89. The van der Waals surface area contributed by atoms with Crippen molar-refractivity contribution in [1.82, 2.24) is 4.98 Å². The molecule has 1 heterocycles. The van der Waals surface area contributed by atoms with Crippen LogP contribution in [0.25, 0.3) is 0 Å². The normalized spacial score (nSPS) is 10.4. The third kappa shape index (κ3) is 2.74. The van der Waals surface area contributed by atoms with Crippen LogP contribution in [0.1, 0.15) is 0 Å². The fraction of sp³-hybridized carbons (Fsp3) is 0. The molecule has 8 heteroatoms. The molecule has 2 aromatic rings. The first-order chi connectivity index (χ1) is 9.01. The van der Waals surface area contributed by atoms with Gasteiger partial charge in [0.2, 0.25) is 0 Å². The second kappa shape index (κ2) is 5.11. The smallest absolute Gasteiger partial charge is 0.258 e. The van der Waals surface area contributed by atoms with Gasteiger partial charge in [0, 0.05) is 12.1 Å². The average Bonchev–Trinajstić information content (AvgIpc) is 2.35. The lowest BCUT2D eigenvalue weighted by atomic mass is 10.3. The fourth-order valence-electron chi connectivity index (χ4n) is 1.28. The Hall–Kier alpha value is -2.35. The Kier molecular flexibility index (Phi) is 3.52. The van der Waals surface area contributed by atoms with Crippen molar-refractivity contribution >= 4 is 5.82 Å². The van der Waals surface area contributed by atoms with Crippen LogP contribution in [0.5, 0.6) is 11.6 Å². The molecule has 19 heavy (non-hydrogen) atoms. The number of hydrogen-bond donors (Lipinski definition) is 2. The molecule has 1 aromatic heterocycles. The highest BCUT2D eigenvalue weighted by Crippen LogP contribution is 2.27. The molecule has 0 amide bonds. The van der Waals surface area contributed by atoms with Crippen LogP contribution >= 0.6 is 0 Å². The van der Waals surface area contributed by atoms with Crippen LogP contribution < -0.4 is 16.0 Å². The Morgan fingerprint density at radius 1 is 1.00 bits per heavy atom. The Balaban J connectivity index is 2.37. The average molecular weight is 273 g/mol. The van der Waals surface area contributed by atoms with Crippen LogP contribution in [0, 0.1) is 23.3 Å². The van der Waals surface area contributed by atoms with Gasteiger partial charge in [0.05, 0.1) is 0 Å². The largest absolute Gasteiger partial charge is 0.433 e. The molecule has 0 aliphatic heterocycles. The van der Waals surface area contributed by atoms with E-state index in [1.807, 2.05) is 5.43 Å². The van der Waals surface area contributed by atoms with Crippen molar-refractivity contribution in [2.75, 3.05) is 5.43 Å². The molecule has 0 unspecified atom stereocenters. The molecule has 3 N–H and O–H groups in total. The summed E-state index contributed by atoms with van der Waals surface area (Å²) in [6.07, 6.45) is 0. The van der Waals surface area contributed by atoms with Crippen LogP contribution in [-0.2, 0) is 0 Å². The number of nitrogen functional groups attached to an aromatic ring is 1. The van der Waals surface area contributed by atoms with E-state index in [0.717, 1.165) is 12.1 Å². The van der Waals surface area contributed by atoms with E-state index in [0.29, 0.717) is 12.1 Å². The van der Waals surface area contributed by atoms with E-state index in [1.54, 1.807) is 0 Å². The number of pyridine rings is 1. The number of nitrogens with zero attached hydrogens (tertiary/aromatic N) is 1. The lowest BCUT2D eigenvalue weighted by Gasteiger charge is -2.09. The molecule has 0 saturated carbocycles. The van der Waals surface area contributed by atoms with Crippen molar-refractivity contribution in [2.45, 2.75) is 0 Å². The van der Waals surface area contributed by atoms with Gasteiger partial charge < -0.3 is 10.2 Å². The number of benzene rings is 1. The van der Waals surface area contributed by atoms with Gasteiger partial charge in [-0.3, -0.25) is 0 Å². The summed E-state index contributed by atoms with van der Waals surface area (Å²) in [7, 11) is 0. The minimum atomic E-state index is -1.15. The lowest BCUT2D eigenvalue weighted by molar-refractivity contribution is 0.393. The van der Waals surface area contributed by atoms with E-state index in [4.69, 9.17) is 10.6 Å². The second-order valence-electron chi connectivity index (χ2n) is 3.43. The van der Waals surface area contributed by atoms with Gasteiger partial charge in [-0.1, -0.05) is 0 Å². The summed E-state index contributed by atoms with van der Waals surface area (Å²) in [4.78, 5) is 3.38. The van der Waals surface area contributed by atoms with Crippen molar-refractivity contribution < 1.29 is 22.3 Å². The minimum Gasteiger partial charge on any atom is -0.433 e. The van der Waals surface area contributed by atoms with Gasteiger partial charge in [-0.05, 0) is 12.1 Å². The number of halogens is 4. The van der Waals surface area contributed by atoms with E-state index in [-0.39, 0.29) is 0 Å². The van der Waals surface area contributed by atoms with Gasteiger partial charge in [0.25, 0.3) is 5.88 Å². The number of nitrogens with one attached hydrogen (secondary N) is 1. The SMILES string of the molecule is NNc1nc(Oc2ccc(F)cc2F)c(F)cc1F. The van der Waals surface area contributed by atoms with Gasteiger partial charge >= 0.3 is 0 Å². The first-order valence-electron chi connectivity index (χ1n) is 4.97. The highest BCUT2D eigenvalue weighted by atomic mass is 19.1. The maximum atomic E-state index is 13.4. The molecule has 0 aliphatic rings. The predicted octanol–water partition coefficient (Wildman–Crippen LogP) is 2.72. The topological polar surface area (TPSA) is 60.2 Å². The molecule has 0 spiro atoms. The zero-order valence-corrected chi connectivity index (χ0v) is 9.25. The summed E-state index contributed by atoms with van der Waals surface area (Å²) in [6, 6.07) is 2.89. The first kappa shape index (κ1) is 13.1. The van der Waals surface area contributed by atoms with Crippen LogP contribution in [0.2, 0.25) is 0 Å². The summed E-state index contributed by atoms with van der Waals surface area (Å²) in [5, 5.41) is 0. The number of hydrazine groups is 1. The molecule has 0 bridgehead atoms. The maximum Gasteiger partial charge on any atom is 0.258 e. The van der Waals surface area contributed by atoms with Gasteiger partial charge in [-0.15, -0.1) is 0 Å². The Morgan fingerprint density at radius 3 is 2.37 bits per heavy atom. The van der Waals surface area contributed by atoms with Gasteiger partial charge in [0.15, 0.2) is 29.0 Å². The Bertz CT molecular complexity index is 621. The van der Waals surface area contributed by atoms with Crippen molar-refractivity contribution in [3.63, 3.8) is 0 Å². The highest BCUT2D eigenvalue weighted by molar-refractivity contribution is 5.40. The number of aromatic nitrogens is 1. The third-order valence-corrected chi connectivity index (χ3v) is 2.13. The monoisotopic (exact) mass is 273 g/mol. The Morgan fingerprint density at radius 2 is 1.74 bits per heavy atom. The van der Waals surface area contributed by atoms with Crippen molar-refractivity contribution in [2.24, 2.45) is 5.84 Å². The third-order valence-electron chi connectivity index (χ3n) is 2.13. The molecular weight excluding hydrogens is 266 g/mol. The van der Waals surface area contributed by atoms with Gasteiger partial charge in [-0.25, -0.2) is 23.4 Å². The van der Waals surface area contributed by atoms with Crippen LogP contribution in [0.15, 0.2) is 24.3 Å². The number of hydrogen-bond acceptors (Lipinski definition) is 4. The van der Waals surface area contributed by atoms with E-state index < -0.39 is 40.7 Å². The van der Waals surface area contributed by atoms with Crippen molar-refractivity contribution in [3.8, 4) is 11.6 Å².